The predicted octanol–water partition coefficient (Wildman–Crippen LogP) is 2.41. The van der Waals surface area contributed by atoms with Crippen LogP contribution < -0.4 is 0 Å². The summed E-state index contributed by atoms with van der Waals surface area (Å²) in [5.74, 6) is 1.68. The van der Waals surface area contributed by atoms with Crippen molar-refractivity contribution in [1.29, 1.82) is 0 Å². The Balaban J connectivity index is 1.30. The average molecular weight is 333 g/mol. The molecule has 1 aromatic heterocycles. The van der Waals surface area contributed by atoms with E-state index in [2.05, 4.69) is 23.7 Å². The van der Waals surface area contributed by atoms with Crippen LogP contribution in [0, 0.1) is 5.92 Å². The standard InChI is InChI=1S/C17H23N3O2S/c1-17(2)11-18-16(23-17)20-7-5-19(6-8-20)15(21)13-10-12(13)14-4-3-9-22-14/h3-4,9,12-13H,5-8,10-11H2,1-2H3/t12-,13+/m1/s1. The first-order chi connectivity index (χ1) is 11.0. The number of thioether (sulfide) groups is 1. The number of hydrogen-bond acceptors (Lipinski definition) is 5. The Morgan fingerprint density at radius 2 is 2.13 bits per heavy atom. The SMILES string of the molecule is CC1(C)CN=C(N2CCN(C(=O)[C@H]3C[C@H]3c3ccco3)CC2)S1. The Labute approximate surface area is 141 Å². The quantitative estimate of drug-likeness (QED) is 0.834. The monoisotopic (exact) mass is 333 g/mol. The molecule has 0 N–H and O–H groups in total. The van der Waals surface area contributed by atoms with E-state index in [0.29, 0.717) is 11.8 Å². The lowest BCUT2D eigenvalue weighted by Gasteiger charge is -2.36. The maximum Gasteiger partial charge on any atom is 0.226 e. The Kier molecular flexibility index (Phi) is 3.67. The van der Waals surface area contributed by atoms with Crippen LogP contribution in [0.3, 0.4) is 0 Å². The highest BCUT2D eigenvalue weighted by atomic mass is 32.2. The van der Waals surface area contributed by atoms with Gasteiger partial charge in [-0.3, -0.25) is 9.79 Å². The zero-order valence-corrected chi connectivity index (χ0v) is 14.5. The summed E-state index contributed by atoms with van der Waals surface area (Å²) in [7, 11) is 0. The number of aliphatic imine (C=N–C) groups is 1. The molecule has 0 unspecified atom stereocenters. The number of carbonyl (C=O) groups is 1. The molecule has 3 aliphatic rings. The van der Waals surface area contributed by atoms with E-state index in [4.69, 9.17) is 4.42 Å². The maximum absolute atomic E-state index is 12.6. The van der Waals surface area contributed by atoms with Gasteiger partial charge < -0.3 is 14.2 Å². The van der Waals surface area contributed by atoms with Gasteiger partial charge in [-0.15, -0.1) is 0 Å². The van der Waals surface area contributed by atoms with E-state index >= 15 is 0 Å². The second-order valence-electron chi connectivity index (χ2n) is 7.24. The fourth-order valence-electron chi connectivity index (χ4n) is 3.37. The second-order valence-corrected chi connectivity index (χ2v) is 8.91. The highest BCUT2D eigenvalue weighted by Gasteiger charge is 2.48. The van der Waals surface area contributed by atoms with E-state index in [-0.39, 0.29) is 10.7 Å². The van der Waals surface area contributed by atoms with Crippen LogP contribution >= 0.6 is 11.8 Å². The molecular weight excluding hydrogens is 310 g/mol. The molecule has 0 spiro atoms. The van der Waals surface area contributed by atoms with Crippen molar-refractivity contribution in [2.24, 2.45) is 10.9 Å². The smallest absolute Gasteiger partial charge is 0.226 e. The Hall–Kier alpha value is -1.43. The maximum atomic E-state index is 12.6. The van der Waals surface area contributed by atoms with Crippen molar-refractivity contribution in [3.63, 3.8) is 0 Å². The minimum Gasteiger partial charge on any atom is -0.469 e. The first-order valence-electron chi connectivity index (χ1n) is 8.34. The number of hydrogen-bond donors (Lipinski definition) is 0. The molecule has 3 heterocycles. The molecule has 2 fully saturated rings. The van der Waals surface area contributed by atoms with Crippen molar-refractivity contribution < 1.29 is 9.21 Å². The number of rotatable bonds is 2. The normalized spacial score (nSPS) is 29.6. The van der Waals surface area contributed by atoms with Crippen LogP contribution in [-0.2, 0) is 4.79 Å². The first kappa shape index (κ1) is 15.1. The third-order valence-electron chi connectivity index (χ3n) is 4.84. The topological polar surface area (TPSA) is 49.0 Å². The van der Waals surface area contributed by atoms with Crippen LogP contribution in [0.1, 0.15) is 31.9 Å². The van der Waals surface area contributed by atoms with E-state index in [1.807, 2.05) is 28.8 Å². The molecule has 23 heavy (non-hydrogen) atoms. The molecule has 6 heteroatoms. The molecule has 124 valence electrons. The van der Waals surface area contributed by atoms with Crippen LogP contribution in [0.4, 0.5) is 0 Å². The molecule has 1 saturated carbocycles. The largest absolute Gasteiger partial charge is 0.469 e. The molecular formula is C17H23N3O2S. The molecule has 0 bridgehead atoms. The predicted molar refractivity (Wildman–Crippen MR) is 91.7 cm³/mol. The van der Waals surface area contributed by atoms with Gasteiger partial charge in [0.1, 0.15) is 5.76 Å². The van der Waals surface area contributed by atoms with Crippen LogP contribution in [0.5, 0.6) is 0 Å². The van der Waals surface area contributed by atoms with Crippen molar-refractivity contribution >= 4 is 22.8 Å². The van der Waals surface area contributed by atoms with E-state index in [0.717, 1.165) is 50.1 Å². The van der Waals surface area contributed by atoms with Crippen LogP contribution in [0.25, 0.3) is 0 Å². The van der Waals surface area contributed by atoms with Gasteiger partial charge in [-0.2, -0.15) is 0 Å². The molecule has 2 atom stereocenters. The second kappa shape index (κ2) is 5.58. The molecule has 1 saturated heterocycles. The lowest BCUT2D eigenvalue weighted by Crippen LogP contribution is -2.50. The van der Waals surface area contributed by atoms with Crippen molar-refractivity contribution in [2.45, 2.75) is 30.9 Å². The molecule has 1 aromatic rings. The van der Waals surface area contributed by atoms with Gasteiger partial charge in [0, 0.05) is 42.8 Å². The molecule has 2 aliphatic heterocycles. The minimum atomic E-state index is 0.129. The number of carbonyl (C=O) groups excluding carboxylic acids is 1. The minimum absolute atomic E-state index is 0.129. The fourth-order valence-corrected chi connectivity index (χ4v) is 4.44. The van der Waals surface area contributed by atoms with Crippen LogP contribution in [0.15, 0.2) is 27.8 Å². The summed E-state index contributed by atoms with van der Waals surface area (Å²) < 4.78 is 5.65. The van der Waals surface area contributed by atoms with E-state index in [9.17, 15) is 4.79 Å². The van der Waals surface area contributed by atoms with Gasteiger partial charge in [0.25, 0.3) is 0 Å². The van der Waals surface area contributed by atoms with E-state index in [1.54, 1.807) is 6.26 Å². The summed E-state index contributed by atoms with van der Waals surface area (Å²) in [6.45, 7) is 8.75. The van der Waals surface area contributed by atoms with Crippen molar-refractivity contribution in [1.82, 2.24) is 9.80 Å². The van der Waals surface area contributed by atoms with Gasteiger partial charge in [-0.1, -0.05) is 11.8 Å². The van der Waals surface area contributed by atoms with Crippen molar-refractivity contribution in [3.8, 4) is 0 Å². The number of furan rings is 1. The Morgan fingerprint density at radius 3 is 2.74 bits per heavy atom. The molecule has 0 radical (unpaired) electrons. The van der Waals surface area contributed by atoms with Gasteiger partial charge in [0.05, 0.1) is 12.8 Å². The number of piperazine rings is 1. The summed E-state index contributed by atoms with van der Waals surface area (Å²) in [6.07, 6.45) is 2.62. The van der Waals surface area contributed by atoms with Crippen LogP contribution in [0.2, 0.25) is 0 Å². The molecule has 0 aromatic carbocycles. The van der Waals surface area contributed by atoms with Gasteiger partial charge in [0.2, 0.25) is 5.91 Å². The Morgan fingerprint density at radius 1 is 1.35 bits per heavy atom. The summed E-state index contributed by atoms with van der Waals surface area (Å²) in [5, 5.41) is 1.15. The zero-order valence-electron chi connectivity index (χ0n) is 13.7. The fraction of sp³-hybridized carbons (Fsp3) is 0.647. The first-order valence-corrected chi connectivity index (χ1v) is 9.16. The third-order valence-corrected chi connectivity index (χ3v) is 6.09. The highest BCUT2D eigenvalue weighted by molar-refractivity contribution is 8.15. The molecule has 1 aliphatic carbocycles. The molecule has 1 amide bonds. The zero-order chi connectivity index (χ0) is 16.0. The Bertz CT molecular complexity index is 618. The summed E-state index contributed by atoms with van der Waals surface area (Å²) in [4.78, 5) is 21.6. The molecule has 4 rings (SSSR count). The summed E-state index contributed by atoms with van der Waals surface area (Å²) in [6, 6.07) is 3.88. The lowest BCUT2D eigenvalue weighted by atomic mass is 10.2. The van der Waals surface area contributed by atoms with Gasteiger partial charge in [-0.25, -0.2) is 0 Å². The lowest BCUT2D eigenvalue weighted by molar-refractivity contribution is -0.133. The van der Waals surface area contributed by atoms with Crippen LogP contribution in [-0.4, -0.2) is 58.3 Å². The van der Waals surface area contributed by atoms with E-state index < -0.39 is 0 Å². The molecule has 5 nitrogen and oxygen atoms in total. The van der Waals surface area contributed by atoms with Gasteiger partial charge in [-0.05, 0) is 32.4 Å². The highest BCUT2D eigenvalue weighted by Crippen LogP contribution is 2.48. The third kappa shape index (κ3) is 3.01. The number of amides is 1. The van der Waals surface area contributed by atoms with Crippen molar-refractivity contribution in [2.75, 3.05) is 32.7 Å². The van der Waals surface area contributed by atoms with Gasteiger partial charge in [0.15, 0.2) is 5.17 Å². The number of amidine groups is 1. The van der Waals surface area contributed by atoms with Gasteiger partial charge >= 0.3 is 0 Å². The van der Waals surface area contributed by atoms with E-state index in [1.165, 1.54) is 0 Å². The summed E-state index contributed by atoms with van der Waals surface area (Å²) in [5.41, 5.74) is 0. The van der Waals surface area contributed by atoms with Crippen molar-refractivity contribution in [3.05, 3.63) is 24.2 Å². The number of nitrogens with zero attached hydrogens (tertiary/aromatic N) is 3. The summed E-state index contributed by atoms with van der Waals surface area (Å²) >= 11 is 1.86. The average Bonchev–Trinajstić information content (AvgIpc) is 2.98.